The summed E-state index contributed by atoms with van der Waals surface area (Å²) < 4.78 is 5.16. The highest BCUT2D eigenvalue weighted by atomic mass is 16.4. The lowest BCUT2D eigenvalue weighted by Gasteiger charge is -2.21. The zero-order valence-electron chi connectivity index (χ0n) is 10.7. The molecule has 1 rings (SSSR count). The van der Waals surface area contributed by atoms with E-state index in [9.17, 15) is 9.59 Å². The smallest absolute Gasteiger partial charge is 0.320 e. The molecule has 0 spiro atoms. The summed E-state index contributed by atoms with van der Waals surface area (Å²) in [5, 5.41) is 11.5. The summed E-state index contributed by atoms with van der Waals surface area (Å²) >= 11 is 0. The second-order valence-electron chi connectivity index (χ2n) is 4.23. The molecule has 100 valence electrons. The zero-order chi connectivity index (χ0) is 13.7. The Balaban J connectivity index is 2.44. The third-order valence-electron chi connectivity index (χ3n) is 2.76. The quantitative estimate of drug-likeness (QED) is 0.786. The maximum Gasteiger partial charge on any atom is 0.320 e. The molecule has 0 aliphatic carbocycles. The van der Waals surface area contributed by atoms with Crippen molar-refractivity contribution < 1.29 is 19.1 Å². The Morgan fingerprint density at radius 2 is 2.17 bits per heavy atom. The number of nitrogens with one attached hydrogen (secondary N) is 1. The van der Waals surface area contributed by atoms with E-state index in [-0.39, 0.29) is 18.5 Å². The molecule has 0 bridgehead atoms. The van der Waals surface area contributed by atoms with E-state index in [1.54, 1.807) is 26.1 Å². The zero-order valence-corrected chi connectivity index (χ0v) is 10.7. The summed E-state index contributed by atoms with van der Waals surface area (Å²) in [6.45, 7) is 3.36. The highest BCUT2D eigenvalue weighted by molar-refractivity contribution is 5.80. The average Bonchev–Trinajstić information content (AvgIpc) is 2.80. The number of hydrogen-bond donors (Lipinski definition) is 2. The van der Waals surface area contributed by atoms with Gasteiger partial charge in [0.25, 0.3) is 0 Å². The number of carboxylic acids is 1. The van der Waals surface area contributed by atoms with Gasteiger partial charge in [-0.2, -0.15) is 0 Å². The fourth-order valence-electron chi connectivity index (χ4n) is 1.45. The van der Waals surface area contributed by atoms with Crippen molar-refractivity contribution in [1.29, 1.82) is 0 Å². The van der Waals surface area contributed by atoms with Crippen molar-refractivity contribution in [3.8, 4) is 0 Å². The predicted molar refractivity (Wildman–Crippen MR) is 65.0 cm³/mol. The molecule has 2 atom stereocenters. The van der Waals surface area contributed by atoms with Crippen LogP contribution in [0.1, 0.15) is 25.6 Å². The van der Waals surface area contributed by atoms with Gasteiger partial charge in [0.15, 0.2) is 0 Å². The lowest BCUT2D eigenvalue weighted by Crippen LogP contribution is -2.43. The fraction of sp³-hybridized carbons (Fsp3) is 0.500. The van der Waals surface area contributed by atoms with E-state index < -0.39 is 12.0 Å². The van der Waals surface area contributed by atoms with Gasteiger partial charge in [-0.3, -0.25) is 14.5 Å². The number of rotatable bonds is 6. The second kappa shape index (κ2) is 6.20. The van der Waals surface area contributed by atoms with Crippen molar-refractivity contribution in [1.82, 2.24) is 10.2 Å². The molecule has 6 heteroatoms. The maximum atomic E-state index is 11.7. The summed E-state index contributed by atoms with van der Waals surface area (Å²) in [5.74, 6) is -0.531. The maximum absolute atomic E-state index is 11.7. The Kier molecular flexibility index (Phi) is 4.91. The van der Waals surface area contributed by atoms with Gasteiger partial charge in [-0.05, 0) is 33.0 Å². The Morgan fingerprint density at radius 1 is 1.50 bits per heavy atom. The van der Waals surface area contributed by atoms with Crippen molar-refractivity contribution >= 4 is 11.9 Å². The molecule has 0 radical (unpaired) electrons. The molecule has 1 amide bonds. The minimum atomic E-state index is -0.954. The Hall–Kier alpha value is -1.82. The number of nitrogens with zero attached hydrogens (tertiary/aromatic N) is 1. The van der Waals surface area contributed by atoms with Crippen LogP contribution in [-0.2, 0) is 9.59 Å². The molecule has 6 nitrogen and oxygen atoms in total. The van der Waals surface area contributed by atoms with Crippen LogP contribution >= 0.6 is 0 Å². The van der Waals surface area contributed by atoms with E-state index in [1.165, 1.54) is 18.1 Å². The summed E-state index contributed by atoms with van der Waals surface area (Å²) in [7, 11) is 1.59. The molecule has 1 aromatic rings. The molecule has 0 saturated heterocycles. The van der Waals surface area contributed by atoms with Crippen LogP contribution in [0.4, 0.5) is 0 Å². The van der Waals surface area contributed by atoms with Crippen molar-refractivity contribution in [3.63, 3.8) is 0 Å². The number of carbonyl (C=O) groups excluding carboxylic acids is 1. The van der Waals surface area contributed by atoms with E-state index in [2.05, 4.69) is 5.32 Å². The topological polar surface area (TPSA) is 82.8 Å². The average molecular weight is 254 g/mol. The van der Waals surface area contributed by atoms with Crippen molar-refractivity contribution in [2.45, 2.75) is 25.9 Å². The lowest BCUT2D eigenvalue weighted by atomic mass is 10.2. The SMILES string of the molecule is CC(NC(=O)CN(C)C(C)C(=O)O)c1ccco1. The molecule has 0 aromatic carbocycles. The summed E-state index contributed by atoms with van der Waals surface area (Å²) in [4.78, 5) is 23.9. The fourth-order valence-corrected chi connectivity index (χ4v) is 1.45. The first kappa shape index (κ1) is 14.2. The highest BCUT2D eigenvalue weighted by Gasteiger charge is 2.20. The first-order valence-electron chi connectivity index (χ1n) is 5.67. The summed E-state index contributed by atoms with van der Waals surface area (Å²) in [5.41, 5.74) is 0. The summed E-state index contributed by atoms with van der Waals surface area (Å²) in [6, 6.07) is 2.58. The highest BCUT2D eigenvalue weighted by Crippen LogP contribution is 2.11. The molecule has 18 heavy (non-hydrogen) atoms. The molecule has 0 saturated carbocycles. The number of carbonyl (C=O) groups is 2. The molecular weight excluding hydrogens is 236 g/mol. The van der Waals surface area contributed by atoms with E-state index in [1.807, 2.05) is 0 Å². The van der Waals surface area contributed by atoms with Crippen LogP contribution in [0.5, 0.6) is 0 Å². The molecular formula is C12H18N2O4. The number of hydrogen-bond acceptors (Lipinski definition) is 4. The van der Waals surface area contributed by atoms with Gasteiger partial charge in [0.1, 0.15) is 11.8 Å². The standard InChI is InChI=1S/C12H18N2O4/c1-8(10-5-4-6-18-10)13-11(15)7-14(3)9(2)12(16)17/h4-6,8-9H,7H2,1-3H3,(H,13,15)(H,16,17). The van der Waals surface area contributed by atoms with Crippen LogP contribution in [0.2, 0.25) is 0 Å². The summed E-state index contributed by atoms with van der Waals surface area (Å²) in [6.07, 6.45) is 1.54. The number of aliphatic carboxylic acids is 1. The van der Waals surface area contributed by atoms with E-state index in [4.69, 9.17) is 9.52 Å². The van der Waals surface area contributed by atoms with Gasteiger partial charge in [0.2, 0.25) is 5.91 Å². The van der Waals surface area contributed by atoms with Gasteiger partial charge in [0, 0.05) is 0 Å². The first-order valence-corrected chi connectivity index (χ1v) is 5.67. The molecule has 1 aromatic heterocycles. The van der Waals surface area contributed by atoms with Crippen LogP contribution in [0.25, 0.3) is 0 Å². The number of likely N-dealkylation sites (N-methyl/N-ethyl adjacent to an activating group) is 1. The monoisotopic (exact) mass is 254 g/mol. The number of amides is 1. The van der Waals surface area contributed by atoms with Gasteiger partial charge in [-0.15, -0.1) is 0 Å². The number of carboxylic acid groups (broad SMARTS) is 1. The molecule has 0 aliphatic heterocycles. The third-order valence-corrected chi connectivity index (χ3v) is 2.76. The minimum Gasteiger partial charge on any atom is -0.480 e. The molecule has 2 unspecified atom stereocenters. The normalized spacial score (nSPS) is 14.2. The Labute approximate surface area is 106 Å². The predicted octanol–water partition coefficient (Wildman–Crippen LogP) is 0.862. The van der Waals surface area contributed by atoms with Gasteiger partial charge in [-0.25, -0.2) is 0 Å². The van der Waals surface area contributed by atoms with E-state index >= 15 is 0 Å². The van der Waals surface area contributed by atoms with E-state index in [0.717, 1.165) is 0 Å². The Bertz CT molecular complexity index is 402. The first-order chi connectivity index (χ1) is 8.41. The minimum absolute atomic E-state index is 0.0263. The van der Waals surface area contributed by atoms with Crippen molar-refractivity contribution in [3.05, 3.63) is 24.2 Å². The Morgan fingerprint density at radius 3 is 2.67 bits per heavy atom. The van der Waals surface area contributed by atoms with Crippen LogP contribution in [-0.4, -0.2) is 41.5 Å². The van der Waals surface area contributed by atoms with Gasteiger partial charge in [-0.1, -0.05) is 0 Å². The second-order valence-corrected chi connectivity index (χ2v) is 4.23. The largest absolute Gasteiger partial charge is 0.480 e. The van der Waals surface area contributed by atoms with Crippen LogP contribution < -0.4 is 5.32 Å². The third kappa shape index (κ3) is 3.89. The lowest BCUT2D eigenvalue weighted by molar-refractivity contribution is -0.142. The van der Waals surface area contributed by atoms with Crippen LogP contribution in [0, 0.1) is 0 Å². The van der Waals surface area contributed by atoms with Crippen LogP contribution in [0.3, 0.4) is 0 Å². The van der Waals surface area contributed by atoms with Crippen molar-refractivity contribution in [2.24, 2.45) is 0 Å². The molecule has 0 fully saturated rings. The van der Waals surface area contributed by atoms with Crippen LogP contribution in [0.15, 0.2) is 22.8 Å². The van der Waals surface area contributed by atoms with Crippen molar-refractivity contribution in [2.75, 3.05) is 13.6 Å². The van der Waals surface area contributed by atoms with Gasteiger partial charge < -0.3 is 14.8 Å². The van der Waals surface area contributed by atoms with E-state index in [0.29, 0.717) is 5.76 Å². The van der Waals surface area contributed by atoms with Gasteiger partial charge >= 0.3 is 5.97 Å². The molecule has 0 aliphatic rings. The number of furan rings is 1. The molecule has 1 heterocycles. The van der Waals surface area contributed by atoms with Gasteiger partial charge in [0.05, 0.1) is 18.8 Å². The molecule has 2 N–H and O–H groups in total.